The van der Waals surface area contributed by atoms with Gasteiger partial charge >= 0.3 is 0 Å². The molecule has 1 saturated heterocycles. The van der Waals surface area contributed by atoms with E-state index < -0.39 is 5.60 Å². The van der Waals surface area contributed by atoms with Crippen molar-refractivity contribution in [2.45, 2.75) is 95.9 Å². The molecule has 1 heterocycles. The minimum Gasteiger partial charge on any atom is -0.387 e. The summed E-state index contributed by atoms with van der Waals surface area (Å²) < 4.78 is 6.06. The molecule has 0 spiro atoms. The van der Waals surface area contributed by atoms with E-state index in [4.69, 9.17) is 4.74 Å². The quantitative estimate of drug-likeness (QED) is 0.647. The number of halogens is 1. The Morgan fingerprint density at radius 1 is 1.14 bits per heavy atom. The second-order valence-corrected chi connectivity index (χ2v) is 7.69. The maximum absolute atomic E-state index is 13.1. The fourth-order valence-corrected chi connectivity index (χ4v) is 3.86. The van der Waals surface area contributed by atoms with Crippen molar-refractivity contribution in [3.63, 3.8) is 0 Å². The number of hydrogen-bond acceptors (Lipinski definition) is 3. The molecule has 0 aromatic carbocycles. The summed E-state index contributed by atoms with van der Waals surface area (Å²) in [5.74, 6) is 0. The third kappa shape index (κ3) is 4.04. The second-order valence-electron chi connectivity index (χ2n) is 7.13. The van der Waals surface area contributed by atoms with Gasteiger partial charge in [0, 0.05) is 5.33 Å². The Morgan fingerprint density at radius 3 is 1.86 bits per heavy atom. The average Bonchev–Trinajstić information content (AvgIpc) is 2.54. The fourth-order valence-electron chi connectivity index (χ4n) is 3.69. The Hall–Kier alpha value is 0.320. The maximum atomic E-state index is 13.1. The Balaban J connectivity index is 2.97. The van der Waals surface area contributed by atoms with Gasteiger partial charge in [0.15, 0.2) is 0 Å². The van der Waals surface area contributed by atoms with Crippen LogP contribution in [0.2, 0.25) is 0 Å². The van der Waals surface area contributed by atoms with Crippen LogP contribution in [0.5, 0.6) is 0 Å². The molecule has 1 unspecified atom stereocenters. The number of alkyl halides is 1. The minimum atomic E-state index is -0.864. The minimum absolute atomic E-state index is 0.0375. The van der Waals surface area contributed by atoms with E-state index in [1.165, 1.54) is 5.06 Å². The van der Waals surface area contributed by atoms with Crippen molar-refractivity contribution < 1.29 is 15.1 Å². The van der Waals surface area contributed by atoms with Crippen molar-refractivity contribution >= 4 is 15.9 Å². The summed E-state index contributed by atoms with van der Waals surface area (Å²) in [5, 5.41) is 25.1. The topological polar surface area (TPSA) is 52.6 Å². The van der Waals surface area contributed by atoms with Crippen molar-refractivity contribution in [3.05, 3.63) is 0 Å². The highest BCUT2D eigenvalue weighted by Gasteiger charge is 2.52. The number of piperidine rings is 1. The predicted octanol–water partition coefficient (Wildman–Crippen LogP) is 4.08. The van der Waals surface area contributed by atoms with Crippen molar-refractivity contribution in [3.8, 4) is 0 Å². The Kier molecular flexibility index (Phi) is 7.34. The van der Waals surface area contributed by atoms with Crippen LogP contribution >= 0.6 is 15.9 Å². The molecule has 1 N–H and O–H groups in total. The number of ether oxygens (including phenoxy) is 1. The lowest BCUT2D eigenvalue weighted by molar-refractivity contribution is -0.323. The van der Waals surface area contributed by atoms with Crippen molar-refractivity contribution in [2.75, 3.05) is 11.9 Å². The van der Waals surface area contributed by atoms with Gasteiger partial charge in [-0.05, 0) is 45.4 Å². The molecule has 0 aliphatic carbocycles. The van der Waals surface area contributed by atoms with Gasteiger partial charge in [-0.1, -0.05) is 43.6 Å². The SMILES string of the molecule is CCC1(CC)CC(OCC(C)(O)CBr)CC(CC)(CC)N1[O]. The predicted molar refractivity (Wildman–Crippen MR) is 92.5 cm³/mol. The smallest absolute Gasteiger partial charge is 0.0948 e. The molecule has 1 aliphatic rings. The molecule has 131 valence electrons. The van der Waals surface area contributed by atoms with Crippen LogP contribution in [0.3, 0.4) is 0 Å². The van der Waals surface area contributed by atoms with Gasteiger partial charge in [0.05, 0.1) is 29.4 Å². The summed E-state index contributed by atoms with van der Waals surface area (Å²) in [6, 6.07) is 0. The highest BCUT2D eigenvalue weighted by Crippen LogP contribution is 2.45. The average molecular weight is 379 g/mol. The lowest BCUT2D eigenvalue weighted by Gasteiger charge is -2.55. The third-order valence-corrected chi connectivity index (χ3v) is 6.84. The molecule has 0 aromatic heterocycles. The van der Waals surface area contributed by atoms with Crippen LogP contribution in [0, 0.1) is 0 Å². The Bertz CT molecular complexity index is 319. The molecule has 22 heavy (non-hydrogen) atoms. The van der Waals surface area contributed by atoms with E-state index in [0.29, 0.717) is 11.9 Å². The molecule has 0 aromatic rings. The monoisotopic (exact) mass is 378 g/mol. The molecular weight excluding hydrogens is 346 g/mol. The van der Waals surface area contributed by atoms with Crippen LogP contribution in [-0.4, -0.2) is 44.9 Å². The van der Waals surface area contributed by atoms with Gasteiger partial charge in [-0.2, -0.15) is 0 Å². The zero-order valence-electron chi connectivity index (χ0n) is 14.8. The number of nitrogens with zero attached hydrogens (tertiary/aromatic N) is 1. The maximum Gasteiger partial charge on any atom is 0.0948 e. The van der Waals surface area contributed by atoms with Crippen LogP contribution in [0.25, 0.3) is 0 Å². The zero-order chi connectivity index (χ0) is 17.0. The van der Waals surface area contributed by atoms with Gasteiger partial charge in [0.25, 0.3) is 0 Å². The van der Waals surface area contributed by atoms with Gasteiger partial charge < -0.3 is 9.84 Å². The molecule has 1 rings (SSSR count). The van der Waals surface area contributed by atoms with Crippen LogP contribution in [0.1, 0.15) is 73.1 Å². The van der Waals surface area contributed by atoms with Crippen molar-refractivity contribution in [1.82, 2.24) is 5.06 Å². The third-order valence-electron chi connectivity index (χ3n) is 5.63. The van der Waals surface area contributed by atoms with Crippen LogP contribution in [0.4, 0.5) is 0 Å². The highest BCUT2D eigenvalue weighted by molar-refractivity contribution is 9.09. The first kappa shape index (κ1) is 20.4. The van der Waals surface area contributed by atoms with E-state index in [0.717, 1.165) is 38.5 Å². The summed E-state index contributed by atoms with van der Waals surface area (Å²) in [6.45, 7) is 10.5. The van der Waals surface area contributed by atoms with Gasteiger partial charge in [-0.25, -0.2) is 0 Å². The van der Waals surface area contributed by atoms with Gasteiger partial charge in [0.1, 0.15) is 0 Å². The van der Waals surface area contributed by atoms with Crippen molar-refractivity contribution in [1.29, 1.82) is 0 Å². The number of aliphatic hydroxyl groups is 1. The molecule has 0 saturated carbocycles. The van der Waals surface area contributed by atoms with Crippen LogP contribution in [0.15, 0.2) is 0 Å². The largest absolute Gasteiger partial charge is 0.387 e. The van der Waals surface area contributed by atoms with E-state index in [2.05, 4.69) is 43.6 Å². The second kappa shape index (κ2) is 7.93. The number of rotatable bonds is 8. The van der Waals surface area contributed by atoms with E-state index in [1.54, 1.807) is 6.92 Å². The molecule has 4 nitrogen and oxygen atoms in total. The Labute approximate surface area is 144 Å². The standard InChI is InChI=1S/C17H33BrNO3/c1-6-16(7-2)10-14(22-13-15(5,20)12-18)11-17(8-3,9-4)19(16)21/h14,20H,6-13H2,1-5H3. The first-order valence-electron chi connectivity index (χ1n) is 8.62. The lowest BCUT2D eigenvalue weighted by atomic mass is 9.72. The van der Waals surface area contributed by atoms with Gasteiger partial charge in [0.2, 0.25) is 0 Å². The number of hydroxylamine groups is 2. The van der Waals surface area contributed by atoms with Crippen LogP contribution in [-0.2, 0) is 9.94 Å². The van der Waals surface area contributed by atoms with Gasteiger partial charge in [-0.15, -0.1) is 10.3 Å². The molecule has 0 amide bonds. The number of hydrogen-bond donors (Lipinski definition) is 1. The molecule has 1 radical (unpaired) electrons. The van der Waals surface area contributed by atoms with Crippen LogP contribution < -0.4 is 0 Å². The molecule has 1 aliphatic heterocycles. The molecular formula is C17H33BrNO3. The fraction of sp³-hybridized carbons (Fsp3) is 1.00. The summed E-state index contributed by atoms with van der Waals surface area (Å²) in [5.41, 5.74) is -1.54. The van der Waals surface area contributed by atoms with E-state index >= 15 is 0 Å². The molecule has 0 bridgehead atoms. The summed E-state index contributed by atoms with van der Waals surface area (Å²) in [7, 11) is 0. The normalized spacial score (nSPS) is 25.1. The summed E-state index contributed by atoms with van der Waals surface area (Å²) >= 11 is 3.32. The van der Waals surface area contributed by atoms with Gasteiger partial charge in [-0.3, -0.25) is 0 Å². The highest BCUT2D eigenvalue weighted by atomic mass is 79.9. The molecule has 1 fully saturated rings. The molecule has 5 heteroatoms. The first-order valence-corrected chi connectivity index (χ1v) is 9.74. The van der Waals surface area contributed by atoms with E-state index in [9.17, 15) is 10.3 Å². The Morgan fingerprint density at radius 2 is 1.55 bits per heavy atom. The van der Waals surface area contributed by atoms with E-state index in [-0.39, 0.29) is 17.2 Å². The zero-order valence-corrected chi connectivity index (χ0v) is 16.4. The van der Waals surface area contributed by atoms with E-state index in [1.807, 2.05) is 0 Å². The summed E-state index contributed by atoms with van der Waals surface area (Å²) in [6.07, 6.45) is 4.89. The first-order chi connectivity index (χ1) is 10.2. The molecule has 1 atom stereocenters. The summed E-state index contributed by atoms with van der Waals surface area (Å²) in [4.78, 5) is 0. The van der Waals surface area contributed by atoms with Crippen molar-refractivity contribution in [2.24, 2.45) is 0 Å². The lowest BCUT2D eigenvalue weighted by Crippen LogP contribution is -2.64.